The number of nitrogens with two attached hydrogens (primary N) is 1. The van der Waals surface area contributed by atoms with E-state index in [-0.39, 0.29) is 33.0 Å². The number of carbonyl (C=O) groups excluding carboxylic acids is 1. The Morgan fingerprint density at radius 3 is 2.50 bits per heavy atom. The maximum absolute atomic E-state index is 10.3. The molecule has 0 unspecified atom stereocenters. The molecule has 0 bridgehead atoms. The van der Waals surface area contributed by atoms with Gasteiger partial charge in [0.25, 0.3) is 5.91 Å². The minimum atomic E-state index is -0.553. The van der Waals surface area contributed by atoms with Gasteiger partial charge in [-0.15, -0.1) is 0 Å². The molecule has 1 rings (SSSR count). The fraction of sp³-hybridized carbons (Fsp3) is 0. The summed E-state index contributed by atoms with van der Waals surface area (Å²) < 4.78 is 0. The predicted octanol–water partition coefficient (Wildman–Crippen LogP) is -0.427. The van der Waals surface area contributed by atoms with Gasteiger partial charge in [0, 0.05) is 39.7 Å². The normalized spacial score (nSPS) is 8.00. The molecular formula is C5H5CdN3O. The van der Waals surface area contributed by atoms with Crippen LogP contribution in [0.25, 0.3) is 0 Å². The van der Waals surface area contributed by atoms with Crippen LogP contribution in [-0.2, 0) is 27.3 Å². The van der Waals surface area contributed by atoms with E-state index in [4.69, 9.17) is 5.73 Å². The minimum absolute atomic E-state index is 0. The first-order valence-electron chi connectivity index (χ1n) is 2.36. The van der Waals surface area contributed by atoms with Gasteiger partial charge in [-0.3, -0.25) is 9.78 Å². The minimum Gasteiger partial charge on any atom is -0.364 e. The number of carbonyl (C=O) groups is 1. The second-order valence-corrected chi connectivity index (χ2v) is 1.45. The molecule has 0 aliphatic rings. The van der Waals surface area contributed by atoms with Crippen molar-refractivity contribution in [2.75, 3.05) is 0 Å². The summed E-state index contributed by atoms with van der Waals surface area (Å²) in [7, 11) is 0. The van der Waals surface area contributed by atoms with Gasteiger partial charge in [0.1, 0.15) is 5.69 Å². The summed E-state index contributed by atoms with van der Waals surface area (Å²) in [4.78, 5) is 17.6. The van der Waals surface area contributed by atoms with E-state index in [0.717, 1.165) is 0 Å². The first-order valence-corrected chi connectivity index (χ1v) is 2.36. The molecule has 48 valence electrons. The van der Waals surface area contributed by atoms with Gasteiger partial charge in [-0.05, 0) is 0 Å². The Labute approximate surface area is 78.0 Å². The molecule has 1 aromatic heterocycles. The molecule has 10 heavy (non-hydrogen) atoms. The van der Waals surface area contributed by atoms with Crippen molar-refractivity contribution in [1.82, 2.24) is 9.97 Å². The first kappa shape index (κ1) is 9.47. The van der Waals surface area contributed by atoms with Crippen LogP contribution in [0.1, 0.15) is 10.5 Å². The molecular weight excluding hydrogens is 230 g/mol. The van der Waals surface area contributed by atoms with Crippen molar-refractivity contribution in [3.8, 4) is 0 Å². The topological polar surface area (TPSA) is 68.9 Å². The Hall–Kier alpha value is -0.528. The first-order chi connectivity index (χ1) is 4.30. The third-order valence-electron chi connectivity index (χ3n) is 0.816. The summed E-state index contributed by atoms with van der Waals surface area (Å²) in [5.74, 6) is -0.553. The molecule has 1 amide bonds. The van der Waals surface area contributed by atoms with Gasteiger partial charge in [-0.1, -0.05) is 0 Å². The summed E-state index contributed by atoms with van der Waals surface area (Å²) in [5.41, 5.74) is 5.06. The third-order valence-corrected chi connectivity index (χ3v) is 0.816. The zero-order chi connectivity index (χ0) is 6.69. The van der Waals surface area contributed by atoms with Crippen molar-refractivity contribution in [3.05, 3.63) is 24.3 Å². The molecule has 0 spiro atoms. The average molecular weight is 236 g/mol. The van der Waals surface area contributed by atoms with E-state index in [0.29, 0.717) is 0 Å². The van der Waals surface area contributed by atoms with Gasteiger partial charge < -0.3 is 5.73 Å². The van der Waals surface area contributed by atoms with E-state index < -0.39 is 5.91 Å². The second kappa shape index (κ2) is 4.31. The quantitative estimate of drug-likeness (QED) is 0.672. The molecule has 0 aliphatic heterocycles. The maximum Gasteiger partial charge on any atom is 0.268 e. The van der Waals surface area contributed by atoms with Crippen LogP contribution in [0.15, 0.2) is 18.6 Å². The van der Waals surface area contributed by atoms with E-state index in [1.165, 1.54) is 18.6 Å². The zero-order valence-corrected chi connectivity index (χ0v) is 9.36. The molecule has 0 saturated carbocycles. The van der Waals surface area contributed by atoms with Crippen LogP contribution >= 0.6 is 0 Å². The molecule has 0 saturated heterocycles. The van der Waals surface area contributed by atoms with Crippen LogP contribution in [0.3, 0.4) is 0 Å². The standard InChI is InChI=1S/C5H5N3O.Cd/c6-5(9)4-3-7-1-2-8-4;/h1-3H,(H2,6,9);. The van der Waals surface area contributed by atoms with Crippen molar-refractivity contribution in [3.63, 3.8) is 0 Å². The number of nitrogens with zero attached hydrogens (tertiary/aromatic N) is 2. The molecule has 0 fully saturated rings. The van der Waals surface area contributed by atoms with Crippen LogP contribution in [0.4, 0.5) is 0 Å². The molecule has 0 radical (unpaired) electrons. The molecule has 5 heteroatoms. The van der Waals surface area contributed by atoms with Crippen LogP contribution in [0.5, 0.6) is 0 Å². The van der Waals surface area contributed by atoms with Crippen LogP contribution < -0.4 is 5.73 Å². The Morgan fingerprint density at radius 1 is 1.50 bits per heavy atom. The summed E-state index contributed by atoms with van der Waals surface area (Å²) in [5, 5.41) is 0. The number of primary amides is 1. The smallest absolute Gasteiger partial charge is 0.268 e. The van der Waals surface area contributed by atoms with E-state index in [9.17, 15) is 4.79 Å². The van der Waals surface area contributed by atoms with Crippen molar-refractivity contribution < 1.29 is 32.1 Å². The van der Waals surface area contributed by atoms with Gasteiger partial charge in [0.05, 0.1) is 6.20 Å². The Balaban J connectivity index is 0.000000810. The summed E-state index contributed by atoms with van der Waals surface area (Å²) >= 11 is 0. The summed E-state index contributed by atoms with van der Waals surface area (Å²) in [6.07, 6.45) is 4.22. The second-order valence-electron chi connectivity index (χ2n) is 1.45. The largest absolute Gasteiger partial charge is 0.364 e. The van der Waals surface area contributed by atoms with Gasteiger partial charge in [0.2, 0.25) is 0 Å². The van der Waals surface area contributed by atoms with E-state index in [2.05, 4.69) is 9.97 Å². The van der Waals surface area contributed by atoms with Gasteiger partial charge in [0.15, 0.2) is 0 Å². The van der Waals surface area contributed by atoms with Crippen molar-refractivity contribution >= 4 is 5.91 Å². The number of rotatable bonds is 1. The number of hydrogen-bond donors (Lipinski definition) is 1. The summed E-state index contributed by atoms with van der Waals surface area (Å²) in [6.45, 7) is 0. The Morgan fingerprint density at radius 2 is 2.20 bits per heavy atom. The molecule has 2 N–H and O–H groups in total. The van der Waals surface area contributed by atoms with Crippen LogP contribution in [-0.4, -0.2) is 15.9 Å². The van der Waals surface area contributed by atoms with E-state index in [1.54, 1.807) is 0 Å². The van der Waals surface area contributed by atoms with Crippen molar-refractivity contribution in [2.45, 2.75) is 0 Å². The van der Waals surface area contributed by atoms with E-state index >= 15 is 0 Å². The molecule has 0 aromatic carbocycles. The molecule has 0 atom stereocenters. The molecule has 1 aromatic rings. The monoisotopic (exact) mass is 237 g/mol. The third kappa shape index (κ3) is 2.38. The van der Waals surface area contributed by atoms with Crippen molar-refractivity contribution in [1.29, 1.82) is 0 Å². The van der Waals surface area contributed by atoms with Crippen LogP contribution in [0.2, 0.25) is 0 Å². The average Bonchev–Trinajstić information content (AvgIpc) is 1.90. The number of aromatic nitrogens is 2. The number of amides is 1. The van der Waals surface area contributed by atoms with Gasteiger partial charge >= 0.3 is 0 Å². The zero-order valence-electron chi connectivity index (χ0n) is 5.32. The van der Waals surface area contributed by atoms with Crippen LogP contribution in [0, 0.1) is 0 Å². The maximum atomic E-state index is 10.3. The molecule has 4 nitrogen and oxygen atoms in total. The fourth-order valence-electron chi connectivity index (χ4n) is 0.426. The SMILES string of the molecule is NC(=O)c1cnccn1.[Cd]. The molecule has 0 aliphatic carbocycles. The fourth-order valence-corrected chi connectivity index (χ4v) is 0.426. The molecule has 1 heterocycles. The predicted molar refractivity (Wildman–Crippen MR) is 30.5 cm³/mol. The Kier molecular flexibility index (Phi) is 4.09. The van der Waals surface area contributed by atoms with E-state index in [1.807, 2.05) is 0 Å². The Bertz CT molecular complexity index is 213. The number of hydrogen-bond acceptors (Lipinski definition) is 3. The van der Waals surface area contributed by atoms with Gasteiger partial charge in [-0.25, -0.2) is 4.98 Å². The van der Waals surface area contributed by atoms with Gasteiger partial charge in [-0.2, -0.15) is 0 Å². The van der Waals surface area contributed by atoms with Crippen molar-refractivity contribution in [2.24, 2.45) is 5.73 Å². The summed E-state index contributed by atoms with van der Waals surface area (Å²) in [6, 6.07) is 0.